The molecule has 1 aliphatic heterocycles. The van der Waals surface area contributed by atoms with E-state index in [0.29, 0.717) is 30.8 Å². The van der Waals surface area contributed by atoms with Crippen LogP contribution in [0.4, 0.5) is 10.1 Å². The number of anilines is 1. The molecule has 180 valence electrons. The molecule has 0 aliphatic carbocycles. The van der Waals surface area contributed by atoms with Crippen molar-refractivity contribution in [2.24, 2.45) is 0 Å². The Morgan fingerprint density at radius 2 is 2.06 bits per heavy atom. The number of alkyl halides is 1. The first kappa shape index (κ1) is 22.5. The molecule has 36 heavy (non-hydrogen) atoms. The maximum Gasteiger partial charge on any atom is 0.255 e. The van der Waals surface area contributed by atoms with Crippen LogP contribution in [0.5, 0.6) is 0 Å². The number of aromatic nitrogens is 4. The largest absolute Gasteiger partial charge is 0.321 e. The normalized spacial score (nSPS) is 16.0. The Morgan fingerprint density at radius 1 is 1.14 bits per heavy atom. The van der Waals surface area contributed by atoms with E-state index < -0.39 is 6.17 Å². The highest BCUT2D eigenvalue weighted by Crippen LogP contribution is 2.34. The molecule has 1 aliphatic rings. The van der Waals surface area contributed by atoms with Crippen molar-refractivity contribution >= 4 is 33.3 Å². The molecule has 1 atom stereocenters. The van der Waals surface area contributed by atoms with E-state index in [4.69, 9.17) is 4.98 Å². The van der Waals surface area contributed by atoms with Crippen molar-refractivity contribution in [3.8, 4) is 16.3 Å². The molecule has 0 radical (unpaired) electrons. The van der Waals surface area contributed by atoms with Crippen LogP contribution >= 0.6 is 11.3 Å². The van der Waals surface area contributed by atoms with Crippen LogP contribution in [0.15, 0.2) is 79.3 Å². The summed E-state index contributed by atoms with van der Waals surface area (Å²) in [5.74, 6) is -0.213. The number of para-hydroxylation sites is 1. The number of hydrogen-bond donors (Lipinski definition) is 1. The molecule has 0 spiro atoms. The second-order valence-corrected chi connectivity index (χ2v) is 9.79. The number of rotatable bonds is 6. The lowest BCUT2D eigenvalue weighted by Crippen LogP contribution is -2.20. The zero-order chi connectivity index (χ0) is 24.5. The lowest BCUT2D eigenvalue weighted by Gasteiger charge is -2.13. The van der Waals surface area contributed by atoms with Gasteiger partial charge in [-0.1, -0.05) is 29.5 Å². The summed E-state index contributed by atoms with van der Waals surface area (Å²) in [5.41, 5.74) is 4.68. The molecular weight excluding hydrogens is 475 g/mol. The molecule has 4 heterocycles. The van der Waals surface area contributed by atoms with Crippen molar-refractivity contribution in [1.82, 2.24) is 24.6 Å². The number of pyridine rings is 1. The number of likely N-dealkylation sites (tertiary alicyclic amines) is 1. The number of carbonyl (C=O) groups is 1. The highest BCUT2D eigenvalue weighted by atomic mass is 32.1. The summed E-state index contributed by atoms with van der Waals surface area (Å²) in [5, 5.41) is 8.06. The smallest absolute Gasteiger partial charge is 0.255 e. The quantitative estimate of drug-likeness (QED) is 0.342. The van der Waals surface area contributed by atoms with Gasteiger partial charge in [-0.15, -0.1) is 0 Å². The van der Waals surface area contributed by atoms with E-state index in [2.05, 4.69) is 20.3 Å². The maximum atomic E-state index is 13.5. The van der Waals surface area contributed by atoms with Gasteiger partial charge in [-0.2, -0.15) is 5.10 Å². The summed E-state index contributed by atoms with van der Waals surface area (Å²) in [6.07, 6.45) is 5.22. The Balaban J connectivity index is 1.25. The van der Waals surface area contributed by atoms with Crippen LogP contribution in [0.25, 0.3) is 26.6 Å². The van der Waals surface area contributed by atoms with Crippen LogP contribution < -0.4 is 5.32 Å². The molecule has 1 fully saturated rings. The molecule has 9 heteroatoms. The third-order valence-corrected chi connectivity index (χ3v) is 7.22. The van der Waals surface area contributed by atoms with Crippen LogP contribution in [0, 0.1) is 0 Å². The van der Waals surface area contributed by atoms with Gasteiger partial charge in [0.15, 0.2) is 0 Å². The van der Waals surface area contributed by atoms with Gasteiger partial charge in [0.2, 0.25) is 0 Å². The second-order valence-electron chi connectivity index (χ2n) is 8.81. The Kier molecular flexibility index (Phi) is 6.00. The minimum Gasteiger partial charge on any atom is -0.321 e. The number of carbonyl (C=O) groups excluding carboxylic acids is 1. The monoisotopic (exact) mass is 498 g/mol. The van der Waals surface area contributed by atoms with Crippen molar-refractivity contribution in [3.05, 3.63) is 90.4 Å². The summed E-state index contributed by atoms with van der Waals surface area (Å²) < 4.78 is 15.3. The zero-order valence-corrected chi connectivity index (χ0v) is 20.2. The molecular formula is C27H23FN6OS. The fourth-order valence-electron chi connectivity index (χ4n) is 4.44. The number of hydrogen-bond acceptors (Lipinski definition) is 6. The molecule has 1 amide bonds. The third-order valence-electron chi connectivity index (χ3n) is 6.21. The molecule has 0 saturated carbocycles. The van der Waals surface area contributed by atoms with Crippen LogP contribution in [-0.4, -0.2) is 49.8 Å². The Hall–Kier alpha value is -3.95. The Bertz CT molecular complexity index is 1530. The van der Waals surface area contributed by atoms with Gasteiger partial charge in [0.25, 0.3) is 5.91 Å². The van der Waals surface area contributed by atoms with Gasteiger partial charge in [0.05, 0.1) is 11.4 Å². The average molecular weight is 499 g/mol. The van der Waals surface area contributed by atoms with Crippen molar-refractivity contribution in [3.63, 3.8) is 0 Å². The number of amides is 1. The maximum absolute atomic E-state index is 13.5. The fourth-order valence-corrected chi connectivity index (χ4v) is 5.37. The number of nitrogens with one attached hydrogen (secondary N) is 1. The zero-order valence-electron chi connectivity index (χ0n) is 19.3. The number of thiazole rings is 1. The fraction of sp³-hybridized carbons (Fsp3) is 0.185. The molecule has 1 N–H and O–H groups in total. The minimum atomic E-state index is -0.743. The van der Waals surface area contributed by atoms with Gasteiger partial charge >= 0.3 is 0 Å². The van der Waals surface area contributed by atoms with Gasteiger partial charge in [-0.05, 0) is 54.4 Å². The van der Waals surface area contributed by atoms with Crippen LogP contribution in [0.2, 0.25) is 0 Å². The summed E-state index contributed by atoms with van der Waals surface area (Å²) in [7, 11) is 0. The lowest BCUT2D eigenvalue weighted by atomic mass is 10.1. The van der Waals surface area contributed by atoms with Gasteiger partial charge in [0.1, 0.15) is 21.5 Å². The molecule has 5 aromatic rings. The molecule has 7 nitrogen and oxygen atoms in total. The number of fused-ring (bicyclic) bond motifs is 1. The van der Waals surface area contributed by atoms with Crippen LogP contribution in [-0.2, 0) is 6.54 Å². The van der Waals surface area contributed by atoms with Crippen molar-refractivity contribution in [1.29, 1.82) is 0 Å². The van der Waals surface area contributed by atoms with Gasteiger partial charge in [-0.3, -0.25) is 9.69 Å². The number of halogens is 1. The first-order valence-electron chi connectivity index (χ1n) is 11.7. The van der Waals surface area contributed by atoms with Gasteiger partial charge in [-0.25, -0.2) is 19.0 Å². The summed E-state index contributed by atoms with van der Waals surface area (Å²) in [6, 6.07) is 18.8. The number of nitrogens with zero attached hydrogens (tertiary/aromatic N) is 5. The highest BCUT2D eigenvalue weighted by molar-refractivity contribution is 7.21. The first-order valence-corrected chi connectivity index (χ1v) is 12.6. The van der Waals surface area contributed by atoms with Gasteiger partial charge < -0.3 is 5.32 Å². The predicted molar refractivity (Wildman–Crippen MR) is 139 cm³/mol. The Morgan fingerprint density at radius 3 is 2.89 bits per heavy atom. The van der Waals surface area contributed by atoms with E-state index in [1.165, 1.54) is 11.3 Å². The molecule has 6 rings (SSSR count). The lowest BCUT2D eigenvalue weighted by molar-refractivity contribution is 0.102. The summed E-state index contributed by atoms with van der Waals surface area (Å²) >= 11 is 1.48. The van der Waals surface area contributed by atoms with Gasteiger partial charge in [0, 0.05) is 49.4 Å². The van der Waals surface area contributed by atoms with E-state index in [9.17, 15) is 9.18 Å². The van der Waals surface area contributed by atoms with Crippen molar-refractivity contribution in [2.75, 3.05) is 18.4 Å². The molecule has 3 aromatic heterocycles. The first-order chi connectivity index (χ1) is 17.6. The van der Waals surface area contributed by atoms with E-state index >= 15 is 0 Å². The number of benzene rings is 2. The third kappa shape index (κ3) is 4.62. The van der Waals surface area contributed by atoms with Crippen molar-refractivity contribution in [2.45, 2.75) is 19.1 Å². The predicted octanol–water partition coefficient (Wildman–Crippen LogP) is 5.34. The molecule has 0 bridgehead atoms. The SMILES string of the molecule is O=C(Nc1ccccc1-c1nc2cc(CN3CC[C@@H](F)C3)cnc2s1)c1cccc(-n2cccn2)c1. The summed E-state index contributed by atoms with van der Waals surface area (Å²) in [4.78, 5) is 25.5. The molecule has 1 saturated heterocycles. The highest BCUT2D eigenvalue weighted by Gasteiger charge is 2.22. The molecule has 2 aromatic carbocycles. The Labute approximate surface area is 211 Å². The van der Waals surface area contributed by atoms with Crippen molar-refractivity contribution < 1.29 is 9.18 Å². The van der Waals surface area contributed by atoms with E-state index in [1.54, 1.807) is 23.0 Å². The minimum absolute atomic E-state index is 0.213. The summed E-state index contributed by atoms with van der Waals surface area (Å²) in [6.45, 7) is 1.90. The van der Waals surface area contributed by atoms with E-state index in [0.717, 1.165) is 38.7 Å². The average Bonchev–Trinajstić information content (AvgIpc) is 3.66. The standard InChI is InChI=1S/C27H23FN6OS/c28-20-9-12-33(17-20)16-18-13-24-27(29-15-18)36-26(32-24)22-7-1-2-8-23(22)31-25(35)19-5-3-6-21(14-19)34-11-4-10-30-34/h1-8,10-11,13-15,20H,9,12,16-17H2,(H,31,35)/t20-/m1/s1. The topological polar surface area (TPSA) is 75.9 Å². The second kappa shape index (κ2) is 9.60. The van der Waals surface area contributed by atoms with Crippen LogP contribution in [0.1, 0.15) is 22.3 Å². The van der Waals surface area contributed by atoms with E-state index in [-0.39, 0.29) is 5.91 Å². The van der Waals surface area contributed by atoms with E-state index in [1.807, 2.05) is 60.9 Å². The molecule has 0 unspecified atom stereocenters. The van der Waals surface area contributed by atoms with Crippen LogP contribution in [0.3, 0.4) is 0 Å².